The maximum absolute atomic E-state index is 6.94. The molecule has 148 valence electrons. The number of H-pyrrole nitrogens is 1. The van der Waals surface area contributed by atoms with Crippen molar-refractivity contribution in [2.45, 2.75) is 32.4 Å². The molecule has 2 aromatic heterocycles. The average Bonchev–Trinajstić information content (AvgIpc) is 3.11. The van der Waals surface area contributed by atoms with Crippen LogP contribution in [-0.4, -0.2) is 23.3 Å². The lowest BCUT2D eigenvalue weighted by Gasteiger charge is -2.43. The number of fused-ring (bicyclic) bond motifs is 1. The molecule has 0 aliphatic heterocycles. The predicted molar refractivity (Wildman–Crippen MR) is 121 cm³/mol. The van der Waals surface area contributed by atoms with Crippen LogP contribution in [0.15, 0.2) is 72.9 Å². The van der Waals surface area contributed by atoms with Crippen LogP contribution >= 0.6 is 11.6 Å². The van der Waals surface area contributed by atoms with Gasteiger partial charge in [0.15, 0.2) is 0 Å². The summed E-state index contributed by atoms with van der Waals surface area (Å²) in [6.07, 6.45) is 1.73. The van der Waals surface area contributed by atoms with E-state index in [-0.39, 0.29) is 10.3 Å². The topological polar surface area (TPSA) is 50.8 Å². The van der Waals surface area contributed by atoms with Gasteiger partial charge in [-0.15, -0.1) is 0 Å². The third kappa shape index (κ3) is 3.73. The highest BCUT2D eigenvalue weighted by Crippen LogP contribution is 2.37. The fraction of sp³-hybridized carbons (Fsp3) is 0.217. The molecule has 0 unspecified atom stereocenters. The van der Waals surface area contributed by atoms with Crippen LogP contribution in [0.3, 0.4) is 0 Å². The Morgan fingerprint density at radius 3 is 2.10 bits per heavy atom. The van der Waals surface area contributed by atoms with Crippen LogP contribution in [0.2, 0.25) is 10.3 Å². The van der Waals surface area contributed by atoms with E-state index in [9.17, 15) is 0 Å². The van der Waals surface area contributed by atoms with Crippen molar-refractivity contribution in [1.29, 1.82) is 0 Å². The number of aromatic amines is 1. The van der Waals surface area contributed by atoms with Crippen molar-refractivity contribution < 1.29 is 4.43 Å². The van der Waals surface area contributed by atoms with Crippen LogP contribution in [0.5, 0.6) is 0 Å². The smallest absolute Gasteiger partial charge is 0.261 e. The summed E-state index contributed by atoms with van der Waals surface area (Å²) in [4.78, 5) is 11.7. The standard InChI is InChI=1S/C23H24ClN3OSi/c1-23(2,3)29(19-10-6-4-7-11-19,20-12-8-5-9-13-20)28-16-18-14-17-15-25-22(24)27-21(17)26-18/h4-15H,16H2,1-3H3,(H,25,26,27). The normalized spacial score (nSPS) is 12.4. The Morgan fingerprint density at radius 1 is 0.966 bits per heavy atom. The van der Waals surface area contributed by atoms with Crippen molar-refractivity contribution in [3.8, 4) is 0 Å². The molecule has 0 saturated carbocycles. The average molecular weight is 422 g/mol. The van der Waals surface area contributed by atoms with Crippen molar-refractivity contribution in [3.63, 3.8) is 0 Å². The fourth-order valence-electron chi connectivity index (χ4n) is 3.98. The molecule has 0 saturated heterocycles. The summed E-state index contributed by atoms with van der Waals surface area (Å²) in [7, 11) is -2.57. The minimum Gasteiger partial charge on any atom is -0.402 e. The molecule has 0 aliphatic carbocycles. The second-order valence-corrected chi connectivity index (χ2v) is 12.8. The largest absolute Gasteiger partial charge is 0.402 e. The SMILES string of the molecule is CC(C)(C)[Si](OCc1cc2cnc(Cl)nc2[nH]1)(c1ccccc1)c1ccccc1. The number of nitrogens with zero attached hydrogens (tertiary/aromatic N) is 2. The number of nitrogens with one attached hydrogen (secondary N) is 1. The van der Waals surface area contributed by atoms with Gasteiger partial charge in [-0.3, -0.25) is 0 Å². The van der Waals surface area contributed by atoms with Crippen molar-refractivity contribution in [1.82, 2.24) is 15.0 Å². The van der Waals surface area contributed by atoms with E-state index < -0.39 is 8.32 Å². The van der Waals surface area contributed by atoms with Crippen LogP contribution in [0, 0.1) is 0 Å². The first-order valence-corrected chi connectivity index (χ1v) is 11.9. The number of rotatable bonds is 5. The highest BCUT2D eigenvalue weighted by molar-refractivity contribution is 6.99. The number of aromatic nitrogens is 3. The summed E-state index contributed by atoms with van der Waals surface area (Å²) in [6.45, 7) is 7.28. The van der Waals surface area contributed by atoms with Crippen LogP contribution in [0.1, 0.15) is 26.5 Å². The lowest BCUT2D eigenvalue weighted by atomic mass is 10.2. The zero-order chi connectivity index (χ0) is 20.5. The summed E-state index contributed by atoms with van der Waals surface area (Å²) in [5, 5.41) is 3.62. The molecule has 0 atom stereocenters. The monoisotopic (exact) mass is 421 g/mol. The van der Waals surface area contributed by atoms with Gasteiger partial charge in [-0.05, 0) is 33.1 Å². The second kappa shape index (κ2) is 7.75. The third-order valence-electron chi connectivity index (χ3n) is 5.26. The van der Waals surface area contributed by atoms with Gasteiger partial charge < -0.3 is 9.41 Å². The van der Waals surface area contributed by atoms with Crippen LogP contribution in [0.25, 0.3) is 11.0 Å². The molecule has 4 rings (SSSR count). The molecular formula is C23H24ClN3OSi. The van der Waals surface area contributed by atoms with E-state index in [0.717, 1.165) is 16.7 Å². The number of benzene rings is 2. The molecule has 0 spiro atoms. The lowest BCUT2D eigenvalue weighted by Crippen LogP contribution is -2.66. The first-order valence-electron chi connectivity index (χ1n) is 9.65. The van der Waals surface area contributed by atoms with E-state index in [4.69, 9.17) is 16.0 Å². The minimum atomic E-state index is -2.57. The Labute approximate surface area is 177 Å². The molecule has 6 heteroatoms. The second-order valence-electron chi connectivity index (χ2n) is 8.19. The summed E-state index contributed by atoms with van der Waals surface area (Å²) in [6, 6.07) is 23.3. The highest BCUT2D eigenvalue weighted by atomic mass is 35.5. The summed E-state index contributed by atoms with van der Waals surface area (Å²) < 4.78 is 6.94. The van der Waals surface area contributed by atoms with Crippen LogP contribution in [0.4, 0.5) is 0 Å². The molecule has 1 N–H and O–H groups in total. The van der Waals surface area contributed by atoms with Crippen LogP contribution in [-0.2, 0) is 11.0 Å². The molecular weight excluding hydrogens is 398 g/mol. The molecule has 4 aromatic rings. The van der Waals surface area contributed by atoms with Crippen molar-refractivity contribution in [2.75, 3.05) is 0 Å². The zero-order valence-corrected chi connectivity index (χ0v) is 18.6. The van der Waals surface area contributed by atoms with Gasteiger partial charge in [0.2, 0.25) is 5.28 Å². The first-order chi connectivity index (χ1) is 13.9. The summed E-state index contributed by atoms with van der Waals surface area (Å²) in [5.41, 5.74) is 1.69. The van der Waals surface area contributed by atoms with E-state index >= 15 is 0 Å². The van der Waals surface area contributed by atoms with Gasteiger partial charge in [-0.2, -0.15) is 4.98 Å². The Bertz CT molecular complexity index is 1070. The van der Waals surface area contributed by atoms with Crippen LogP contribution < -0.4 is 10.4 Å². The quantitative estimate of drug-likeness (QED) is 0.375. The van der Waals surface area contributed by atoms with E-state index in [0.29, 0.717) is 6.61 Å². The van der Waals surface area contributed by atoms with Gasteiger partial charge in [-0.1, -0.05) is 81.4 Å². The molecule has 2 heterocycles. The van der Waals surface area contributed by atoms with Crippen molar-refractivity contribution in [3.05, 3.63) is 83.9 Å². The summed E-state index contributed by atoms with van der Waals surface area (Å²) >= 11 is 5.93. The van der Waals surface area contributed by atoms with Gasteiger partial charge in [-0.25, -0.2) is 4.98 Å². The predicted octanol–water partition coefficient (Wildman–Crippen LogP) is 4.69. The minimum absolute atomic E-state index is 0.0646. The van der Waals surface area contributed by atoms with Gasteiger partial charge >= 0.3 is 0 Å². The van der Waals surface area contributed by atoms with Crippen molar-refractivity contribution in [2.24, 2.45) is 0 Å². The Kier molecular flexibility index (Phi) is 5.30. The van der Waals surface area contributed by atoms with E-state index in [1.807, 2.05) is 6.07 Å². The Hall–Kier alpha value is -2.47. The molecule has 0 radical (unpaired) electrons. The van der Waals surface area contributed by atoms with Crippen molar-refractivity contribution >= 4 is 41.3 Å². The Balaban J connectivity index is 1.79. The lowest BCUT2D eigenvalue weighted by molar-refractivity contribution is 0.282. The van der Waals surface area contributed by atoms with Gasteiger partial charge in [0.1, 0.15) is 5.65 Å². The molecule has 29 heavy (non-hydrogen) atoms. The number of hydrogen-bond acceptors (Lipinski definition) is 3. The van der Waals surface area contributed by atoms with Gasteiger partial charge in [0, 0.05) is 17.3 Å². The Morgan fingerprint density at radius 2 is 1.55 bits per heavy atom. The van der Waals surface area contributed by atoms with Gasteiger partial charge in [0.05, 0.1) is 6.61 Å². The van der Waals surface area contributed by atoms with E-state index in [1.165, 1.54) is 10.4 Å². The third-order valence-corrected chi connectivity index (χ3v) is 10.4. The van der Waals surface area contributed by atoms with Gasteiger partial charge in [0.25, 0.3) is 8.32 Å². The fourth-order valence-corrected chi connectivity index (χ4v) is 8.64. The first kappa shape index (κ1) is 19.8. The molecule has 0 aliphatic rings. The number of hydrogen-bond donors (Lipinski definition) is 1. The van der Waals surface area contributed by atoms with E-state index in [2.05, 4.69) is 96.4 Å². The maximum atomic E-state index is 6.94. The molecule has 0 fully saturated rings. The number of halogens is 1. The molecule has 4 nitrogen and oxygen atoms in total. The van der Waals surface area contributed by atoms with E-state index in [1.54, 1.807) is 6.20 Å². The molecule has 0 bridgehead atoms. The molecule has 2 aromatic carbocycles. The summed E-state index contributed by atoms with van der Waals surface area (Å²) in [5.74, 6) is 0. The maximum Gasteiger partial charge on any atom is 0.261 e. The molecule has 0 amide bonds. The zero-order valence-electron chi connectivity index (χ0n) is 16.8. The highest BCUT2D eigenvalue weighted by Gasteiger charge is 2.50.